The van der Waals surface area contributed by atoms with Crippen molar-refractivity contribution < 1.29 is 4.79 Å². The van der Waals surface area contributed by atoms with E-state index in [0.717, 1.165) is 5.69 Å². The van der Waals surface area contributed by atoms with E-state index in [4.69, 9.17) is 0 Å². The van der Waals surface area contributed by atoms with E-state index in [0.29, 0.717) is 6.54 Å². The predicted molar refractivity (Wildman–Crippen MR) is 67.6 cm³/mol. The second kappa shape index (κ2) is 4.94. The largest absolute Gasteiger partial charge is 0.307 e. The van der Waals surface area contributed by atoms with Crippen LogP contribution in [-0.2, 0) is 11.3 Å². The number of carbonyl (C=O) groups is 1. The van der Waals surface area contributed by atoms with Crippen LogP contribution in [0.2, 0.25) is 0 Å². The predicted octanol–water partition coefficient (Wildman–Crippen LogP) is 3.30. The van der Waals surface area contributed by atoms with Crippen molar-refractivity contribution in [1.82, 2.24) is 0 Å². The molecule has 0 radical (unpaired) electrons. The number of rotatable bonds is 3. The molecule has 3 heteroatoms. The summed E-state index contributed by atoms with van der Waals surface area (Å²) in [5, 5.41) is 2.03. The van der Waals surface area contributed by atoms with E-state index in [9.17, 15) is 4.79 Å². The van der Waals surface area contributed by atoms with Crippen molar-refractivity contribution in [2.75, 3.05) is 4.90 Å². The molecule has 1 aromatic heterocycles. The number of benzene rings is 1. The van der Waals surface area contributed by atoms with Gasteiger partial charge < -0.3 is 4.90 Å². The maximum Gasteiger partial charge on any atom is 0.224 e. The van der Waals surface area contributed by atoms with E-state index in [-0.39, 0.29) is 5.91 Å². The number of hydrogen-bond acceptors (Lipinski definition) is 2. The van der Waals surface area contributed by atoms with E-state index in [1.54, 1.807) is 23.2 Å². The molecule has 2 nitrogen and oxygen atoms in total. The van der Waals surface area contributed by atoms with Crippen LogP contribution >= 0.6 is 11.3 Å². The summed E-state index contributed by atoms with van der Waals surface area (Å²) in [5.41, 5.74) is 0.948. The van der Waals surface area contributed by atoms with Gasteiger partial charge in [-0.1, -0.05) is 24.3 Å². The van der Waals surface area contributed by atoms with E-state index in [1.807, 2.05) is 47.8 Å². The number of thiophene rings is 1. The highest BCUT2D eigenvalue weighted by atomic mass is 32.1. The Morgan fingerprint density at radius 3 is 2.50 bits per heavy atom. The van der Waals surface area contributed by atoms with Gasteiger partial charge in [-0.25, -0.2) is 0 Å². The van der Waals surface area contributed by atoms with Gasteiger partial charge in [-0.05, 0) is 23.6 Å². The summed E-state index contributed by atoms with van der Waals surface area (Å²) >= 11 is 1.67. The zero-order chi connectivity index (χ0) is 11.4. The van der Waals surface area contributed by atoms with Gasteiger partial charge in [0.25, 0.3) is 0 Å². The highest BCUT2D eigenvalue weighted by molar-refractivity contribution is 7.09. The first-order valence-corrected chi connectivity index (χ1v) is 6.01. The lowest BCUT2D eigenvalue weighted by Gasteiger charge is -2.20. The standard InChI is InChI=1S/C13H13NOS/c1-11(15)14(10-13-8-5-9-16-13)12-6-3-2-4-7-12/h2-9H,10H2,1H3. The van der Waals surface area contributed by atoms with Crippen molar-refractivity contribution in [3.05, 3.63) is 52.7 Å². The fraction of sp³-hybridized carbons (Fsp3) is 0.154. The molecule has 2 rings (SSSR count). The molecular formula is C13H13NOS. The number of carbonyl (C=O) groups excluding carboxylic acids is 1. The van der Waals surface area contributed by atoms with Crippen LogP contribution in [0.25, 0.3) is 0 Å². The van der Waals surface area contributed by atoms with Crippen LogP contribution in [-0.4, -0.2) is 5.91 Å². The lowest BCUT2D eigenvalue weighted by atomic mass is 10.2. The Hall–Kier alpha value is -1.61. The Morgan fingerprint density at radius 1 is 1.19 bits per heavy atom. The Kier molecular flexibility index (Phi) is 3.37. The first-order chi connectivity index (χ1) is 7.77. The summed E-state index contributed by atoms with van der Waals surface area (Å²) in [5.74, 6) is 0.0691. The molecule has 0 aliphatic heterocycles. The lowest BCUT2D eigenvalue weighted by molar-refractivity contribution is -0.116. The monoisotopic (exact) mass is 231 g/mol. The average molecular weight is 231 g/mol. The van der Waals surface area contributed by atoms with E-state index in [1.165, 1.54) is 4.88 Å². The summed E-state index contributed by atoms with van der Waals surface area (Å²) in [7, 11) is 0. The lowest BCUT2D eigenvalue weighted by Crippen LogP contribution is -2.27. The average Bonchev–Trinajstić information content (AvgIpc) is 2.79. The number of nitrogens with zero attached hydrogens (tertiary/aromatic N) is 1. The van der Waals surface area contributed by atoms with Gasteiger partial charge in [0.15, 0.2) is 0 Å². The Morgan fingerprint density at radius 2 is 1.94 bits per heavy atom. The van der Waals surface area contributed by atoms with Gasteiger partial charge in [0.1, 0.15) is 0 Å². The van der Waals surface area contributed by atoms with Gasteiger partial charge in [-0.3, -0.25) is 4.79 Å². The normalized spacial score (nSPS) is 10.1. The molecule has 1 amide bonds. The molecule has 1 aromatic carbocycles. The van der Waals surface area contributed by atoms with Crippen molar-refractivity contribution in [2.45, 2.75) is 13.5 Å². The van der Waals surface area contributed by atoms with Gasteiger partial charge in [0.05, 0.1) is 6.54 Å². The third kappa shape index (κ3) is 2.49. The minimum Gasteiger partial charge on any atom is -0.307 e. The molecule has 82 valence electrons. The van der Waals surface area contributed by atoms with Crippen LogP contribution in [0.15, 0.2) is 47.8 Å². The zero-order valence-corrected chi connectivity index (χ0v) is 9.91. The first-order valence-electron chi connectivity index (χ1n) is 5.13. The molecule has 2 aromatic rings. The quantitative estimate of drug-likeness (QED) is 0.793. The molecule has 0 fully saturated rings. The molecule has 0 atom stereocenters. The van der Waals surface area contributed by atoms with E-state index >= 15 is 0 Å². The van der Waals surface area contributed by atoms with Crippen molar-refractivity contribution in [3.63, 3.8) is 0 Å². The minimum absolute atomic E-state index is 0.0691. The van der Waals surface area contributed by atoms with Crippen molar-refractivity contribution in [2.24, 2.45) is 0 Å². The van der Waals surface area contributed by atoms with Crippen LogP contribution in [0.5, 0.6) is 0 Å². The Balaban J connectivity index is 2.22. The number of para-hydroxylation sites is 1. The smallest absolute Gasteiger partial charge is 0.224 e. The fourth-order valence-electron chi connectivity index (χ4n) is 1.55. The first kappa shape index (κ1) is 10.9. The van der Waals surface area contributed by atoms with Crippen LogP contribution in [0.1, 0.15) is 11.8 Å². The molecule has 0 saturated heterocycles. The van der Waals surface area contributed by atoms with E-state index in [2.05, 4.69) is 0 Å². The van der Waals surface area contributed by atoms with Crippen LogP contribution in [0.3, 0.4) is 0 Å². The SMILES string of the molecule is CC(=O)N(Cc1cccs1)c1ccccc1. The third-order valence-electron chi connectivity index (χ3n) is 2.34. The summed E-state index contributed by atoms with van der Waals surface area (Å²) < 4.78 is 0. The number of hydrogen-bond donors (Lipinski definition) is 0. The summed E-state index contributed by atoms with van der Waals surface area (Å²) in [4.78, 5) is 14.6. The molecule has 1 heterocycles. The maximum absolute atomic E-state index is 11.6. The molecule has 0 aliphatic carbocycles. The fourth-order valence-corrected chi connectivity index (χ4v) is 2.24. The number of anilines is 1. The summed E-state index contributed by atoms with van der Waals surface area (Å²) in [6.07, 6.45) is 0. The molecule has 0 unspecified atom stereocenters. The second-order valence-corrected chi connectivity index (χ2v) is 4.55. The topological polar surface area (TPSA) is 20.3 Å². The third-order valence-corrected chi connectivity index (χ3v) is 3.20. The van der Waals surface area contributed by atoms with Crippen LogP contribution in [0, 0.1) is 0 Å². The zero-order valence-electron chi connectivity index (χ0n) is 9.09. The van der Waals surface area contributed by atoms with Gasteiger partial charge in [0.2, 0.25) is 5.91 Å². The van der Waals surface area contributed by atoms with Crippen molar-refractivity contribution in [1.29, 1.82) is 0 Å². The van der Waals surface area contributed by atoms with Gasteiger partial charge in [0, 0.05) is 17.5 Å². The number of amides is 1. The molecule has 0 aliphatic rings. The van der Waals surface area contributed by atoms with Crippen LogP contribution in [0.4, 0.5) is 5.69 Å². The van der Waals surface area contributed by atoms with Gasteiger partial charge >= 0.3 is 0 Å². The van der Waals surface area contributed by atoms with Gasteiger partial charge in [-0.15, -0.1) is 11.3 Å². The molecule has 16 heavy (non-hydrogen) atoms. The molecule has 0 saturated carbocycles. The molecular weight excluding hydrogens is 218 g/mol. The van der Waals surface area contributed by atoms with Crippen LogP contribution < -0.4 is 4.90 Å². The minimum atomic E-state index is 0.0691. The van der Waals surface area contributed by atoms with Crippen molar-refractivity contribution in [3.8, 4) is 0 Å². The Bertz CT molecular complexity index is 450. The summed E-state index contributed by atoms with van der Waals surface area (Å²) in [6.45, 7) is 2.25. The molecule has 0 bridgehead atoms. The Labute approximate surface area is 99.1 Å². The molecule has 0 N–H and O–H groups in total. The highest BCUT2D eigenvalue weighted by Crippen LogP contribution is 2.19. The second-order valence-electron chi connectivity index (χ2n) is 3.52. The van der Waals surface area contributed by atoms with E-state index < -0.39 is 0 Å². The maximum atomic E-state index is 11.6. The summed E-state index contributed by atoms with van der Waals surface area (Å²) in [6, 6.07) is 13.8. The van der Waals surface area contributed by atoms with Gasteiger partial charge in [-0.2, -0.15) is 0 Å². The van der Waals surface area contributed by atoms with Crippen molar-refractivity contribution >= 4 is 22.9 Å². The highest BCUT2D eigenvalue weighted by Gasteiger charge is 2.11. The molecule has 0 spiro atoms.